The van der Waals surface area contributed by atoms with Crippen molar-refractivity contribution in [3.63, 3.8) is 0 Å². The number of amides is 2. The van der Waals surface area contributed by atoms with E-state index in [1.54, 1.807) is 18.5 Å². The third kappa shape index (κ3) is 1.52. The number of carbonyl (C=O) groups is 2. The summed E-state index contributed by atoms with van der Waals surface area (Å²) in [7, 11) is 0. The van der Waals surface area contributed by atoms with E-state index < -0.39 is 5.92 Å². The zero-order valence-corrected chi connectivity index (χ0v) is 9.46. The number of fused-ring (bicyclic) bond motifs is 1. The number of carbonyl (C=O) groups excluding carboxylic acids is 2. The van der Waals surface area contributed by atoms with E-state index >= 15 is 0 Å². The summed E-state index contributed by atoms with van der Waals surface area (Å²) in [4.78, 5) is 27.1. The summed E-state index contributed by atoms with van der Waals surface area (Å²) in [6, 6.07) is 1.63. The maximum absolute atomic E-state index is 11.8. The first-order chi connectivity index (χ1) is 8.66. The molecule has 1 aliphatic rings. The van der Waals surface area contributed by atoms with Crippen molar-refractivity contribution in [2.75, 3.05) is 5.73 Å². The topological polar surface area (TPSA) is 102 Å². The molecule has 3 N–H and O–H groups in total. The Labute approximate surface area is 102 Å². The molecule has 0 radical (unpaired) electrons. The minimum atomic E-state index is -0.394. The molecule has 1 aliphatic heterocycles. The molecule has 0 aromatic carbocycles. The van der Waals surface area contributed by atoms with Gasteiger partial charge in [-0.2, -0.15) is 9.61 Å². The van der Waals surface area contributed by atoms with E-state index in [1.807, 2.05) is 0 Å². The van der Waals surface area contributed by atoms with Gasteiger partial charge in [0.1, 0.15) is 5.82 Å². The average molecular weight is 245 g/mol. The van der Waals surface area contributed by atoms with Crippen molar-refractivity contribution in [1.29, 1.82) is 0 Å². The van der Waals surface area contributed by atoms with Crippen LogP contribution in [0, 0.1) is 0 Å². The molecular formula is C11H11N5O2. The van der Waals surface area contributed by atoms with Crippen molar-refractivity contribution >= 4 is 23.3 Å². The van der Waals surface area contributed by atoms with Crippen molar-refractivity contribution < 1.29 is 9.59 Å². The molecule has 1 saturated heterocycles. The molecule has 0 spiro atoms. The van der Waals surface area contributed by atoms with Crippen molar-refractivity contribution in [3.05, 3.63) is 24.0 Å². The van der Waals surface area contributed by atoms with Gasteiger partial charge in [-0.1, -0.05) is 0 Å². The third-order valence-corrected chi connectivity index (χ3v) is 3.07. The summed E-state index contributed by atoms with van der Waals surface area (Å²) < 4.78 is 1.49. The molecule has 7 nitrogen and oxygen atoms in total. The zero-order valence-electron chi connectivity index (χ0n) is 9.46. The lowest BCUT2D eigenvalue weighted by Crippen LogP contribution is -2.39. The number of nitrogens with two attached hydrogens (primary N) is 1. The molecule has 1 unspecified atom stereocenters. The maximum Gasteiger partial charge on any atom is 0.234 e. The van der Waals surface area contributed by atoms with Gasteiger partial charge in [-0.05, 0) is 12.5 Å². The molecule has 3 rings (SSSR count). The van der Waals surface area contributed by atoms with Crippen LogP contribution in [0.15, 0.2) is 18.5 Å². The number of nitrogens with zero attached hydrogens (tertiary/aromatic N) is 3. The van der Waals surface area contributed by atoms with E-state index in [2.05, 4.69) is 15.4 Å². The number of rotatable bonds is 1. The summed E-state index contributed by atoms with van der Waals surface area (Å²) >= 11 is 0. The van der Waals surface area contributed by atoms with E-state index in [4.69, 9.17) is 5.73 Å². The molecule has 3 heterocycles. The van der Waals surface area contributed by atoms with Crippen LogP contribution < -0.4 is 11.1 Å². The third-order valence-electron chi connectivity index (χ3n) is 3.07. The highest BCUT2D eigenvalue weighted by Gasteiger charge is 2.30. The largest absolute Gasteiger partial charge is 0.384 e. The predicted octanol–water partition coefficient (Wildman–Crippen LogP) is -0.168. The molecule has 2 aromatic rings. The number of imide groups is 1. The Morgan fingerprint density at radius 3 is 3.06 bits per heavy atom. The second-order valence-electron chi connectivity index (χ2n) is 4.21. The quantitative estimate of drug-likeness (QED) is 0.679. The SMILES string of the molecule is Nc1ccnc2c(C3CCC(=O)NC3=O)cnn12. The molecule has 0 saturated carbocycles. The van der Waals surface area contributed by atoms with Gasteiger partial charge >= 0.3 is 0 Å². The van der Waals surface area contributed by atoms with Gasteiger partial charge in [-0.15, -0.1) is 0 Å². The fourth-order valence-electron chi connectivity index (χ4n) is 2.16. The minimum absolute atomic E-state index is 0.236. The van der Waals surface area contributed by atoms with Crippen LogP contribution in [0.3, 0.4) is 0 Å². The molecule has 2 amide bonds. The van der Waals surface area contributed by atoms with Crippen LogP contribution in [0.4, 0.5) is 5.82 Å². The van der Waals surface area contributed by atoms with Crippen LogP contribution in [0.5, 0.6) is 0 Å². The van der Waals surface area contributed by atoms with E-state index in [1.165, 1.54) is 4.52 Å². The Morgan fingerprint density at radius 1 is 1.44 bits per heavy atom. The maximum atomic E-state index is 11.8. The highest BCUT2D eigenvalue weighted by atomic mass is 16.2. The fraction of sp³-hybridized carbons (Fsp3) is 0.273. The van der Waals surface area contributed by atoms with Crippen LogP contribution >= 0.6 is 0 Å². The number of nitrogen functional groups attached to an aromatic ring is 1. The standard InChI is InChI=1S/C11H11N5O2/c12-8-3-4-13-10-7(5-14-16(8)10)6-1-2-9(17)15-11(6)18/h3-6H,1-2,12H2,(H,15,17,18). The Kier molecular flexibility index (Phi) is 2.26. The molecule has 0 bridgehead atoms. The van der Waals surface area contributed by atoms with Gasteiger partial charge < -0.3 is 5.73 Å². The fourth-order valence-corrected chi connectivity index (χ4v) is 2.16. The smallest absolute Gasteiger partial charge is 0.234 e. The number of hydrogen-bond acceptors (Lipinski definition) is 5. The molecule has 0 aliphatic carbocycles. The van der Waals surface area contributed by atoms with Crippen LogP contribution in [0.1, 0.15) is 24.3 Å². The minimum Gasteiger partial charge on any atom is -0.384 e. The number of hydrogen-bond donors (Lipinski definition) is 2. The Morgan fingerprint density at radius 2 is 2.28 bits per heavy atom. The van der Waals surface area contributed by atoms with Crippen molar-refractivity contribution in [3.8, 4) is 0 Å². The van der Waals surface area contributed by atoms with Crippen LogP contribution in [-0.2, 0) is 9.59 Å². The number of aromatic nitrogens is 3. The van der Waals surface area contributed by atoms with Gasteiger partial charge in [0.05, 0.1) is 12.1 Å². The monoisotopic (exact) mass is 245 g/mol. The van der Waals surface area contributed by atoms with Crippen molar-refractivity contribution in [2.45, 2.75) is 18.8 Å². The van der Waals surface area contributed by atoms with E-state index in [0.717, 1.165) is 0 Å². The lowest BCUT2D eigenvalue weighted by molar-refractivity contribution is -0.134. The first-order valence-corrected chi connectivity index (χ1v) is 5.58. The molecule has 1 fully saturated rings. The van der Waals surface area contributed by atoms with Crippen LogP contribution in [0.25, 0.3) is 5.65 Å². The van der Waals surface area contributed by atoms with Crippen LogP contribution in [0.2, 0.25) is 0 Å². The van der Waals surface area contributed by atoms with E-state index in [9.17, 15) is 9.59 Å². The van der Waals surface area contributed by atoms with E-state index in [0.29, 0.717) is 29.9 Å². The normalized spacial score (nSPS) is 20.1. The van der Waals surface area contributed by atoms with E-state index in [-0.39, 0.29) is 11.8 Å². The summed E-state index contributed by atoms with van der Waals surface area (Å²) in [6.45, 7) is 0. The van der Waals surface area contributed by atoms with Crippen molar-refractivity contribution in [1.82, 2.24) is 19.9 Å². The predicted molar refractivity (Wildman–Crippen MR) is 62.5 cm³/mol. The highest BCUT2D eigenvalue weighted by molar-refractivity contribution is 6.01. The first kappa shape index (κ1) is 10.7. The Balaban J connectivity index is 2.07. The number of nitrogens with one attached hydrogen (secondary N) is 1. The lowest BCUT2D eigenvalue weighted by Gasteiger charge is -2.19. The average Bonchev–Trinajstić information content (AvgIpc) is 2.74. The lowest BCUT2D eigenvalue weighted by atomic mass is 9.92. The van der Waals surface area contributed by atoms with Gasteiger partial charge in [-0.25, -0.2) is 4.98 Å². The second kappa shape index (κ2) is 3.80. The van der Waals surface area contributed by atoms with Gasteiger partial charge in [0, 0.05) is 18.2 Å². The summed E-state index contributed by atoms with van der Waals surface area (Å²) in [5, 5.41) is 6.43. The van der Waals surface area contributed by atoms with Crippen molar-refractivity contribution in [2.24, 2.45) is 0 Å². The van der Waals surface area contributed by atoms with Gasteiger partial charge in [0.15, 0.2) is 5.65 Å². The molecular weight excluding hydrogens is 234 g/mol. The summed E-state index contributed by atoms with van der Waals surface area (Å²) in [5.74, 6) is -0.474. The zero-order chi connectivity index (χ0) is 12.7. The molecule has 2 aromatic heterocycles. The first-order valence-electron chi connectivity index (χ1n) is 5.58. The van der Waals surface area contributed by atoms with Gasteiger partial charge in [0.2, 0.25) is 11.8 Å². The molecule has 7 heteroatoms. The molecule has 1 atom stereocenters. The summed E-state index contributed by atoms with van der Waals surface area (Å²) in [5.41, 5.74) is 7.02. The van der Waals surface area contributed by atoms with Gasteiger partial charge in [0.25, 0.3) is 0 Å². The second-order valence-corrected chi connectivity index (χ2v) is 4.21. The summed E-state index contributed by atoms with van der Waals surface area (Å²) in [6.07, 6.45) is 3.96. The Bertz CT molecular complexity index is 648. The number of anilines is 1. The number of piperidine rings is 1. The van der Waals surface area contributed by atoms with Crippen LogP contribution in [-0.4, -0.2) is 26.4 Å². The highest BCUT2D eigenvalue weighted by Crippen LogP contribution is 2.27. The molecule has 92 valence electrons. The van der Waals surface area contributed by atoms with Gasteiger partial charge in [-0.3, -0.25) is 14.9 Å². The molecule has 18 heavy (non-hydrogen) atoms. The Hall–Kier alpha value is -2.44.